The molecular weight excluding hydrogens is 278 g/mol. The van der Waals surface area contributed by atoms with Crippen LogP contribution in [0.1, 0.15) is 6.92 Å². The summed E-state index contributed by atoms with van der Waals surface area (Å²) in [7, 11) is 3.28. The summed E-state index contributed by atoms with van der Waals surface area (Å²) in [6.07, 6.45) is 0. The molecule has 0 atom stereocenters. The van der Waals surface area contributed by atoms with Crippen molar-refractivity contribution in [3.8, 4) is 22.9 Å². The normalized spacial score (nSPS) is 10.9. The van der Waals surface area contributed by atoms with Crippen LogP contribution in [0.5, 0.6) is 11.5 Å². The topological polar surface area (TPSA) is 62.3 Å². The van der Waals surface area contributed by atoms with Crippen molar-refractivity contribution in [2.45, 2.75) is 13.5 Å². The molecule has 22 heavy (non-hydrogen) atoms. The Morgan fingerprint density at radius 2 is 1.77 bits per heavy atom. The highest BCUT2D eigenvalue weighted by Gasteiger charge is 2.15. The lowest BCUT2D eigenvalue weighted by atomic mass is 10.2. The molecule has 0 amide bonds. The molecule has 0 aliphatic rings. The zero-order valence-corrected chi connectivity index (χ0v) is 13.0. The summed E-state index contributed by atoms with van der Waals surface area (Å²) in [6, 6.07) is 11.6. The van der Waals surface area contributed by atoms with Crippen LogP contribution in [0.4, 0.5) is 5.69 Å². The molecule has 0 saturated carbocycles. The van der Waals surface area contributed by atoms with Crippen molar-refractivity contribution >= 4 is 16.7 Å². The van der Waals surface area contributed by atoms with Gasteiger partial charge in [-0.2, -0.15) is 0 Å². The van der Waals surface area contributed by atoms with Crippen LogP contribution in [0.2, 0.25) is 0 Å². The van der Waals surface area contributed by atoms with E-state index in [-0.39, 0.29) is 0 Å². The number of methoxy groups -OCH3 is 2. The molecule has 0 fully saturated rings. The fraction of sp³-hybridized carbons (Fsp3) is 0.235. The molecule has 0 bridgehead atoms. The average molecular weight is 297 g/mol. The minimum absolute atomic E-state index is 0.681. The third kappa shape index (κ3) is 2.24. The highest BCUT2D eigenvalue weighted by atomic mass is 16.5. The Morgan fingerprint density at radius 3 is 2.36 bits per heavy atom. The minimum atomic E-state index is 0.681. The number of aromatic nitrogens is 2. The molecule has 1 aromatic heterocycles. The second-order valence-corrected chi connectivity index (χ2v) is 5.00. The van der Waals surface area contributed by atoms with Crippen LogP contribution in [0.25, 0.3) is 22.4 Å². The molecule has 3 rings (SSSR count). The Kier molecular flexibility index (Phi) is 3.63. The number of hydrogen-bond acceptors (Lipinski definition) is 4. The Balaban J connectivity index is 2.28. The predicted molar refractivity (Wildman–Crippen MR) is 88.4 cm³/mol. The van der Waals surface area contributed by atoms with Gasteiger partial charge in [-0.25, -0.2) is 4.98 Å². The number of rotatable bonds is 4. The van der Waals surface area contributed by atoms with Gasteiger partial charge in [-0.15, -0.1) is 0 Å². The van der Waals surface area contributed by atoms with Crippen LogP contribution in [-0.4, -0.2) is 23.8 Å². The third-order valence-corrected chi connectivity index (χ3v) is 3.74. The lowest BCUT2D eigenvalue weighted by molar-refractivity contribution is 0.394. The van der Waals surface area contributed by atoms with Gasteiger partial charge in [-0.1, -0.05) is 6.07 Å². The van der Waals surface area contributed by atoms with Gasteiger partial charge < -0.3 is 19.8 Å². The molecule has 5 nitrogen and oxygen atoms in total. The van der Waals surface area contributed by atoms with E-state index in [1.807, 2.05) is 36.4 Å². The third-order valence-electron chi connectivity index (χ3n) is 3.74. The standard InChI is InChI=1S/C17H19N3O2/c1-4-20-15-7-5-6-14(18)16(15)19-17(20)11-8-12(21-2)10-13(9-11)22-3/h5-10H,4,18H2,1-3H3. The van der Waals surface area contributed by atoms with Gasteiger partial charge in [0.2, 0.25) is 0 Å². The first-order valence-corrected chi connectivity index (χ1v) is 7.16. The molecule has 2 N–H and O–H groups in total. The van der Waals surface area contributed by atoms with E-state index in [0.717, 1.165) is 40.5 Å². The van der Waals surface area contributed by atoms with Crippen molar-refractivity contribution in [3.05, 3.63) is 36.4 Å². The van der Waals surface area contributed by atoms with E-state index < -0.39 is 0 Å². The van der Waals surface area contributed by atoms with Gasteiger partial charge in [0.1, 0.15) is 22.8 Å². The maximum absolute atomic E-state index is 6.06. The lowest BCUT2D eigenvalue weighted by Crippen LogP contribution is -1.98. The number of hydrogen-bond donors (Lipinski definition) is 1. The second kappa shape index (κ2) is 5.60. The number of imidazole rings is 1. The number of fused-ring (bicyclic) bond motifs is 1. The number of anilines is 1. The van der Waals surface area contributed by atoms with Gasteiger partial charge in [0.25, 0.3) is 0 Å². The van der Waals surface area contributed by atoms with Gasteiger partial charge in [0, 0.05) is 18.2 Å². The quantitative estimate of drug-likeness (QED) is 0.750. The first-order valence-electron chi connectivity index (χ1n) is 7.16. The number of nitrogens with zero attached hydrogens (tertiary/aromatic N) is 2. The number of nitrogens with two attached hydrogens (primary N) is 1. The summed E-state index contributed by atoms with van der Waals surface area (Å²) >= 11 is 0. The Morgan fingerprint density at radius 1 is 1.09 bits per heavy atom. The zero-order valence-electron chi connectivity index (χ0n) is 13.0. The van der Waals surface area contributed by atoms with Crippen LogP contribution in [0.3, 0.4) is 0 Å². The largest absolute Gasteiger partial charge is 0.497 e. The second-order valence-electron chi connectivity index (χ2n) is 5.00. The first kappa shape index (κ1) is 14.3. The molecule has 114 valence electrons. The maximum Gasteiger partial charge on any atom is 0.141 e. The number of nitrogen functional groups attached to an aromatic ring is 1. The lowest BCUT2D eigenvalue weighted by Gasteiger charge is -2.10. The molecule has 0 aliphatic carbocycles. The van der Waals surface area contributed by atoms with E-state index in [2.05, 4.69) is 11.5 Å². The zero-order chi connectivity index (χ0) is 15.7. The average Bonchev–Trinajstić information content (AvgIpc) is 2.94. The summed E-state index contributed by atoms with van der Waals surface area (Å²) in [6.45, 7) is 2.89. The Hall–Kier alpha value is -2.69. The van der Waals surface area contributed by atoms with Crippen LogP contribution in [0.15, 0.2) is 36.4 Å². The molecule has 3 aromatic rings. The van der Waals surface area contributed by atoms with Gasteiger partial charge in [0.05, 0.1) is 25.4 Å². The SMILES string of the molecule is CCn1c(-c2cc(OC)cc(OC)c2)nc2c(N)cccc21. The highest BCUT2D eigenvalue weighted by Crippen LogP contribution is 2.32. The van der Waals surface area contributed by atoms with E-state index in [1.165, 1.54) is 0 Å². The van der Waals surface area contributed by atoms with E-state index in [1.54, 1.807) is 14.2 Å². The van der Waals surface area contributed by atoms with Crippen LogP contribution >= 0.6 is 0 Å². The monoisotopic (exact) mass is 297 g/mol. The van der Waals surface area contributed by atoms with Gasteiger partial charge in [-0.3, -0.25) is 0 Å². The molecule has 0 spiro atoms. The molecule has 0 unspecified atom stereocenters. The molecule has 1 heterocycles. The Bertz CT molecular complexity index is 802. The number of benzene rings is 2. The number of aryl methyl sites for hydroxylation is 1. The van der Waals surface area contributed by atoms with Crippen molar-refractivity contribution < 1.29 is 9.47 Å². The minimum Gasteiger partial charge on any atom is -0.497 e. The van der Waals surface area contributed by atoms with Crippen molar-refractivity contribution in [1.82, 2.24) is 9.55 Å². The number of para-hydroxylation sites is 1. The summed E-state index contributed by atoms with van der Waals surface area (Å²) in [4.78, 5) is 4.73. The summed E-state index contributed by atoms with van der Waals surface area (Å²) in [5.74, 6) is 2.32. The van der Waals surface area contributed by atoms with Crippen molar-refractivity contribution in [1.29, 1.82) is 0 Å². The van der Waals surface area contributed by atoms with E-state index >= 15 is 0 Å². The van der Waals surface area contributed by atoms with E-state index in [0.29, 0.717) is 5.69 Å². The molecule has 5 heteroatoms. The fourth-order valence-electron chi connectivity index (χ4n) is 2.65. The van der Waals surface area contributed by atoms with Crippen molar-refractivity contribution in [2.24, 2.45) is 0 Å². The predicted octanol–water partition coefficient (Wildman–Crippen LogP) is 3.32. The molecular formula is C17H19N3O2. The molecule has 2 aromatic carbocycles. The van der Waals surface area contributed by atoms with E-state index in [4.69, 9.17) is 20.2 Å². The molecule has 0 saturated heterocycles. The fourth-order valence-corrected chi connectivity index (χ4v) is 2.65. The molecule has 0 aliphatic heterocycles. The van der Waals surface area contributed by atoms with E-state index in [9.17, 15) is 0 Å². The highest BCUT2D eigenvalue weighted by molar-refractivity contribution is 5.90. The summed E-state index contributed by atoms with van der Waals surface area (Å²) in [5.41, 5.74) is 9.53. The Labute approximate surface area is 129 Å². The van der Waals surface area contributed by atoms with Crippen LogP contribution in [-0.2, 0) is 6.54 Å². The van der Waals surface area contributed by atoms with Gasteiger partial charge in [-0.05, 0) is 31.2 Å². The summed E-state index contributed by atoms with van der Waals surface area (Å²) in [5, 5.41) is 0. The van der Waals surface area contributed by atoms with Crippen LogP contribution in [0, 0.1) is 0 Å². The van der Waals surface area contributed by atoms with Crippen molar-refractivity contribution in [2.75, 3.05) is 20.0 Å². The first-order chi connectivity index (χ1) is 10.7. The van der Waals surface area contributed by atoms with Crippen molar-refractivity contribution in [3.63, 3.8) is 0 Å². The number of ether oxygens (including phenoxy) is 2. The van der Waals surface area contributed by atoms with Crippen LogP contribution < -0.4 is 15.2 Å². The molecule has 0 radical (unpaired) electrons. The smallest absolute Gasteiger partial charge is 0.141 e. The summed E-state index contributed by atoms with van der Waals surface area (Å²) < 4.78 is 12.8. The maximum atomic E-state index is 6.06. The van der Waals surface area contributed by atoms with Gasteiger partial charge >= 0.3 is 0 Å². The van der Waals surface area contributed by atoms with Gasteiger partial charge in [0.15, 0.2) is 0 Å².